The normalized spacial score (nSPS) is 22.1. The van der Waals surface area contributed by atoms with E-state index in [9.17, 15) is 5.11 Å². The first-order valence-corrected chi connectivity index (χ1v) is 7.60. The Balaban J connectivity index is 2.34. The summed E-state index contributed by atoms with van der Waals surface area (Å²) < 4.78 is 0. The van der Waals surface area contributed by atoms with E-state index in [1.54, 1.807) is 0 Å². The van der Waals surface area contributed by atoms with Crippen LogP contribution in [0.5, 0.6) is 0 Å². The number of nitrogens with zero attached hydrogens (tertiary/aromatic N) is 4. The van der Waals surface area contributed by atoms with Crippen molar-refractivity contribution in [2.75, 3.05) is 43.9 Å². The highest BCUT2D eigenvalue weighted by molar-refractivity contribution is 5.59. The van der Waals surface area contributed by atoms with Gasteiger partial charge in [0.1, 0.15) is 17.5 Å². The average molecular weight is 293 g/mol. The smallest absolute Gasteiger partial charge is 0.137 e. The first kappa shape index (κ1) is 16.0. The first-order chi connectivity index (χ1) is 9.92. The van der Waals surface area contributed by atoms with Gasteiger partial charge in [-0.25, -0.2) is 9.97 Å². The van der Waals surface area contributed by atoms with E-state index in [1.807, 2.05) is 13.8 Å². The molecule has 1 saturated heterocycles. The number of rotatable bonds is 5. The summed E-state index contributed by atoms with van der Waals surface area (Å²) in [5.41, 5.74) is 1.06. The molecule has 21 heavy (non-hydrogen) atoms. The van der Waals surface area contributed by atoms with E-state index in [0.29, 0.717) is 6.54 Å². The van der Waals surface area contributed by atoms with Crippen LogP contribution in [0.3, 0.4) is 0 Å². The number of aromatic nitrogens is 2. The maximum atomic E-state index is 10.1. The Morgan fingerprint density at radius 1 is 1.33 bits per heavy atom. The van der Waals surface area contributed by atoms with E-state index in [4.69, 9.17) is 0 Å². The number of likely N-dealkylation sites (N-methyl/N-ethyl adjacent to an activating group) is 1. The Hall–Kier alpha value is -1.40. The lowest BCUT2D eigenvalue weighted by molar-refractivity contribution is 0.191. The molecule has 6 heteroatoms. The molecule has 6 nitrogen and oxygen atoms in total. The van der Waals surface area contributed by atoms with Crippen LogP contribution in [0.4, 0.5) is 11.6 Å². The van der Waals surface area contributed by atoms with Gasteiger partial charge in [0.25, 0.3) is 0 Å². The Morgan fingerprint density at radius 3 is 2.67 bits per heavy atom. The minimum absolute atomic E-state index is 0.285. The molecule has 118 valence electrons. The van der Waals surface area contributed by atoms with Gasteiger partial charge in [-0.2, -0.15) is 0 Å². The van der Waals surface area contributed by atoms with Gasteiger partial charge in [-0.1, -0.05) is 0 Å². The molecule has 2 atom stereocenters. The summed E-state index contributed by atoms with van der Waals surface area (Å²) in [5, 5.41) is 13.4. The van der Waals surface area contributed by atoms with Crippen LogP contribution in [0.15, 0.2) is 0 Å². The molecule has 0 saturated carbocycles. The van der Waals surface area contributed by atoms with E-state index in [2.05, 4.69) is 46.1 Å². The quantitative estimate of drug-likeness (QED) is 0.845. The van der Waals surface area contributed by atoms with Gasteiger partial charge in [-0.3, -0.25) is 0 Å². The van der Waals surface area contributed by atoms with E-state index >= 15 is 0 Å². The van der Waals surface area contributed by atoms with Gasteiger partial charge in [-0.05, 0) is 41.3 Å². The molecule has 0 aromatic carbocycles. The standard InChI is InChI=1S/C15H27N5O/c1-6-16-14-10(2)15(18-11(3)17-14)20-9-13(21)7-12(20)8-19(4)5/h12-13,21H,6-9H2,1-5H3,(H,16,17,18). The third kappa shape index (κ3) is 3.63. The molecule has 2 rings (SSSR count). The number of β-amino-alcohol motifs (C(OH)–C–C–N with tert-alkyl or cyclic N) is 1. The summed E-state index contributed by atoms with van der Waals surface area (Å²) in [4.78, 5) is 13.5. The van der Waals surface area contributed by atoms with Crippen LogP contribution in [-0.2, 0) is 0 Å². The van der Waals surface area contributed by atoms with Crippen molar-refractivity contribution in [3.05, 3.63) is 11.4 Å². The minimum atomic E-state index is -0.285. The molecule has 0 amide bonds. The van der Waals surface area contributed by atoms with Crippen LogP contribution in [0.2, 0.25) is 0 Å². The fourth-order valence-electron chi connectivity index (χ4n) is 2.98. The molecule has 0 radical (unpaired) electrons. The highest BCUT2D eigenvalue weighted by Crippen LogP contribution is 2.30. The van der Waals surface area contributed by atoms with Crippen LogP contribution in [0.25, 0.3) is 0 Å². The molecule has 2 heterocycles. The second-order valence-electron chi connectivity index (χ2n) is 6.06. The van der Waals surface area contributed by atoms with Crippen LogP contribution >= 0.6 is 0 Å². The Labute approximate surface area is 127 Å². The van der Waals surface area contributed by atoms with Crippen molar-refractivity contribution in [3.8, 4) is 0 Å². The van der Waals surface area contributed by atoms with Crippen LogP contribution < -0.4 is 10.2 Å². The van der Waals surface area contributed by atoms with E-state index in [1.165, 1.54) is 0 Å². The molecule has 1 aliphatic rings. The predicted octanol–water partition coefficient (Wildman–Crippen LogP) is 1.03. The maximum Gasteiger partial charge on any atom is 0.137 e. The average Bonchev–Trinajstić information content (AvgIpc) is 2.73. The molecule has 1 fully saturated rings. The van der Waals surface area contributed by atoms with Gasteiger partial charge in [0.15, 0.2) is 0 Å². The molecule has 0 aliphatic carbocycles. The fraction of sp³-hybridized carbons (Fsp3) is 0.733. The molecule has 1 aromatic heterocycles. The number of anilines is 2. The maximum absolute atomic E-state index is 10.1. The number of hydrogen-bond donors (Lipinski definition) is 2. The van der Waals surface area contributed by atoms with Crippen LogP contribution in [0.1, 0.15) is 24.7 Å². The highest BCUT2D eigenvalue weighted by atomic mass is 16.3. The van der Waals surface area contributed by atoms with Crippen molar-refractivity contribution in [3.63, 3.8) is 0 Å². The Kier molecular flexibility index (Phi) is 5.00. The SMILES string of the molecule is CCNc1nc(C)nc(N2CC(O)CC2CN(C)C)c1C. The van der Waals surface area contributed by atoms with Crippen LogP contribution in [0, 0.1) is 13.8 Å². The van der Waals surface area contributed by atoms with Crippen LogP contribution in [-0.4, -0.2) is 65.8 Å². The van der Waals surface area contributed by atoms with Crippen molar-refractivity contribution in [1.82, 2.24) is 14.9 Å². The van der Waals surface area contributed by atoms with Gasteiger partial charge in [0, 0.05) is 31.2 Å². The zero-order valence-electron chi connectivity index (χ0n) is 13.7. The summed E-state index contributed by atoms with van der Waals surface area (Å²) in [6.45, 7) is 8.41. The second kappa shape index (κ2) is 6.58. The van der Waals surface area contributed by atoms with Gasteiger partial charge >= 0.3 is 0 Å². The first-order valence-electron chi connectivity index (χ1n) is 7.60. The van der Waals surface area contributed by atoms with E-state index < -0.39 is 0 Å². The number of aliphatic hydroxyl groups excluding tert-OH is 1. The highest BCUT2D eigenvalue weighted by Gasteiger charge is 2.33. The number of aliphatic hydroxyl groups is 1. The van der Waals surface area contributed by atoms with Crippen molar-refractivity contribution in [2.24, 2.45) is 0 Å². The zero-order valence-corrected chi connectivity index (χ0v) is 13.7. The van der Waals surface area contributed by atoms with Gasteiger partial charge in [0.2, 0.25) is 0 Å². The number of aryl methyl sites for hydroxylation is 1. The van der Waals surface area contributed by atoms with E-state index in [-0.39, 0.29) is 12.1 Å². The third-order valence-electron chi connectivity index (χ3n) is 3.82. The molecule has 1 aliphatic heterocycles. The summed E-state index contributed by atoms with van der Waals surface area (Å²) in [6.07, 6.45) is 0.504. The Morgan fingerprint density at radius 2 is 2.05 bits per heavy atom. The summed E-state index contributed by atoms with van der Waals surface area (Å²) in [5.74, 6) is 2.60. The van der Waals surface area contributed by atoms with Crippen molar-refractivity contribution in [2.45, 2.75) is 39.3 Å². The molecular formula is C15H27N5O. The molecule has 2 unspecified atom stereocenters. The van der Waals surface area contributed by atoms with Gasteiger partial charge < -0.3 is 20.2 Å². The lowest BCUT2D eigenvalue weighted by Crippen LogP contribution is -2.38. The van der Waals surface area contributed by atoms with Crippen molar-refractivity contribution < 1.29 is 5.11 Å². The number of nitrogens with one attached hydrogen (secondary N) is 1. The molecule has 1 aromatic rings. The van der Waals surface area contributed by atoms with E-state index in [0.717, 1.165) is 42.5 Å². The predicted molar refractivity (Wildman–Crippen MR) is 86.0 cm³/mol. The minimum Gasteiger partial charge on any atom is -0.391 e. The number of hydrogen-bond acceptors (Lipinski definition) is 6. The Bertz CT molecular complexity index is 491. The van der Waals surface area contributed by atoms with Gasteiger partial charge in [-0.15, -0.1) is 0 Å². The lowest BCUT2D eigenvalue weighted by Gasteiger charge is -2.29. The molecule has 2 N–H and O–H groups in total. The third-order valence-corrected chi connectivity index (χ3v) is 3.82. The topological polar surface area (TPSA) is 64.5 Å². The summed E-state index contributed by atoms with van der Waals surface area (Å²) in [6, 6.07) is 0.289. The zero-order chi connectivity index (χ0) is 15.6. The summed E-state index contributed by atoms with van der Waals surface area (Å²) in [7, 11) is 4.12. The lowest BCUT2D eigenvalue weighted by atomic mass is 10.2. The monoisotopic (exact) mass is 293 g/mol. The molecular weight excluding hydrogens is 266 g/mol. The van der Waals surface area contributed by atoms with Crippen molar-refractivity contribution >= 4 is 11.6 Å². The fourth-order valence-corrected chi connectivity index (χ4v) is 2.98. The van der Waals surface area contributed by atoms with Crippen molar-refractivity contribution in [1.29, 1.82) is 0 Å². The largest absolute Gasteiger partial charge is 0.391 e. The molecule has 0 bridgehead atoms. The second-order valence-corrected chi connectivity index (χ2v) is 6.06. The van der Waals surface area contributed by atoms with Gasteiger partial charge in [0.05, 0.1) is 6.10 Å². The summed E-state index contributed by atoms with van der Waals surface area (Å²) >= 11 is 0. The molecule has 0 spiro atoms.